The molecular weight excluding hydrogens is 588 g/mol. The molecule has 0 aliphatic carbocycles. The minimum Gasteiger partial charge on any atom is -0.475 e. The topological polar surface area (TPSA) is 145 Å². The van der Waals surface area contributed by atoms with E-state index < -0.39 is 56.5 Å². The number of anilines is 1. The number of amides is 3. The van der Waals surface area contributed by atoms with Gasteiger partial charge in [0.1, 0.15) is 6.04 Å². The molecule has 17 heteroatoms. The van der Waals surface area contributed by atoms with Gasteiger partial charge in [0.15, 0.2) is 0 Å². The summed E-state index contributed by atoms with van der Waals surface area (Å²) in [5, 5.41) is 18.1. The van der Waals surface area contributed by atoms with Gasteiger partial charge < -0.3 is 15.1 Å². The van der Waals surface area contributed by atoms with Crippen LogP contribution in [-0.2, 0) is 26.0 Å². The Labute approximate surface area is 227 Å². The third-order valence-corrected chi connectivity index (χ3v) is 7.24. The summed E-state index contributed by atoms with van der Waals surface area (Å²) >= 11 is 0. The average Bonchev–Trinajstić information content (AvgIpc) is 3.12. The van der Waals surface area contributed by atoms with Crippen LogP contribution in [0.25, 0.3) is 10.9 Å². The maximum atomic E-state index is 13.2. The van der Waals surface area contributed by atoms with Crippen molar-refractivity contribution in [1.82, 2.24) is 9.88 Å². The number of alkyl halides is 6. The van der Waals surface area contributed by atoms with Crippen molar-refractivity contribution in [2.24, 2.45) is 0 Å². The lowest BCUT2D eigenvalue weighted by Crippen LogP contribution is -2.42. The number of aliphatic hydroxyl groups excluding tert-OH is 1. The maximum absolute atomic E-state index is 13.2. The third-order valence-electron chi connectivity index (χ3n) is 5.74. The lowest BCUT2D eigenvalue weighted by Gasteiger charge is -2.24. The highest BCUT2D eigenvalue weighted by Crippen LogP contribution is 2.33. The van der Waals surface area contributed by atoms with Crippen LogP contribution >= 0.6 is 0 Å². The van der Waals surface area contributed by atoms with Crippen molar-refractivity contribution >= 4 is 44.3 Å². The zero-order valence-electron chi connectivity index (χ0n) is 20.6. The van der Waals surface area contributed by atoms with Gasteiger partial charge in [-0.15, -0.1) is 0 Å². The smallest absolute Gasteiger partial charge is 0.475 e. The molecule has 1 aliphatic heterocycles. The minimum atomic E-state index is -5.58. The molecule has 1 fully saturated rings. The Morgan fingerprint density at radius 1 is 1.00 bits per heavy atom. The van der Waals surface area contributed by atoms with E-state index in [2.05, 4.69) is 4.98 Å². The van der Waals surface area contributed by atoms with Crippen molar-refractivity contribution in [3.8, 4) is 0 Å². The molecule has 3 amide bonds. The Hall–Kier alpha value is -4.25. The second-order valence-corrected chi connectivity index (χ2v) is 10.4. The van der Waals surface area contributed by atoms with Crippen LogP contribution in [0.15, 0.2) is 65.7 Å². The van der Waals surface area contributed by atoms with Crippen molar-refractivity contribution in [2.45, 2.75) is 42.2 Å². The summed E-state index contributed by atoms with van der Waals surface area (Å²) in [6.45, 7) is 1.30. The number of carboxylic acids is 1. The number of hydrogen-bond donors (Lipinski definition) is 2. The van der Waals surface area contributed by atoms with Crippen LogP contribution in [0, 0.1) is 0 Å². The Balaban J connectivity index is 0.000000587. The van der Waals surface area contributed by atoms with Gasteiger partial charge in [-0.1, -0.05) is 18.2 Å². The summed E-state index contributed by atoms with van der Waals surface area (Å²) in [6, 6.07) is 10.0. The standard InChI is InChI=1S/C22H18F3N3O5S.C2HF3O2/c1-13(29)19-20(30)28(15-6-8-16(9-7-15)34(32,33)22(23,24)25)21(31)27(19)12-14-10-11-26-18-5-3-2-4-17(14)18;3-2(4,5)1(6)7/h2-11,13,19,29H,12H2,1H3;(H,6,7)/t13?,19-;/m1./s1. The molecule has 0 spiro atoms. The van der Waals surface area contributed by atoms with Gasteiger partial charge in [0.2, 0.25) is 0 Å². The summed E-state index contributed by atoms with van der Waals surface area (Å²) in [5.41, 5.74) is -4.27. The van der Waals surface area contributed by atoms with E-state index in [4.69, 9.17) is 9.90 Å². The molecule has 1 unspecified atom stereocenters. The van der Waals surface area contributed by atoms with Gasteiger partial charge in [0, 0.05) is 18.1 Å². The number of benzene rings is 2. The van der Waals surface area contributed by atoms with E-state index in [0.29, 0.717) is 28.1 Å². The first-order valence-corrected chi connectivity index (χ1v) is 12.7. The molecule has 2 N–H and O–H groups in total. The predicted molar refractivity (Wildman–Crippen MR) is 129 cm³/mol. The monoisotopic (exact) mass is 607 g/mol. The second kappa shape index (κ2) is 11.3. The molecular formula is C24H19F6N3O7S. The molecule has 2 heterocycles. The van der Waals surface area contributed by atoms with Crippen LogP contribution in [0.1, 0.15) is 12.5 Å². The van der Waals surface area contributed by atoms with Crippen molar-refractivity contribution in [3.63, 3.8) is 0 Å². The van der Waals surface area contributed by atoms with Crippen LogP contribution in [0.3, 0.4) is 0 Å². The predicted octanol–water partition coefficient (Wildman–Crippen LogP) is 3.88. The highest BCUT2D eigenvalue weighted by atomic mass is 32.2. The third kappa shape index (κ3) is 6.40. The fraction of sp³-hybridized carbons (Fsp3) is 0.250. The van der Waals surface area contributed by atoms with Crippen LogP contribution in [0.5, 0.6) is 0 Å². The van der Waals surface area contributed by atoms with E-state index in [0.717, 1.165) is 22.4 Å². The summed E-state index contributed by atoms with van der Waals surface area (Å²) < 4.78 is 93.4. The fourth-order valence-corrected chi connectivity index (χ4v) is 4.62. The molecule has 2 aromatic carbocycles. The Morgan fingerprint density at radius 3 is 2.07 bits per heavy atom. The van der Waals surface area contributed by atoms with Crippen molar-refractivity contribution in [2.75, 3.05) is 4.90 Å². The SMILES string of the molecule is CC(O)[C@@H]1C(=O)N(c2ccc(S(=O)(=O)C(F)(F)F)cc2)C(=O)N1Cc1ccnc2ccccc12.O=C(O)C(F)(F)F. The summed E-state index contributed by atoms with van der Waals surface area (Å²) in [7, 11) is -5.58. The summed E-state index contributed by atoms with van der Waals surface area (Å²) in [4.78, 5) is 40.3. The van der Waals surface area contributed by atoms with E-state index in [1.54, 1.807) is 36.5 Å². The van der Waals surface area contributed by atoms with Crippen LogP contribution in [0.4, 0.5) is 36.8 Å². The highest BCUT2D eigenvalue weighted by molar-refractivity contribution is 7.92. The summed E-state index contributed by atoms with van der Waals surface area (Å²) in [5.74, 6) is -3.54. The fourth-order valence-electron chi connectivity index (χ4n) is 3.86. The number of carbonyl (C=O) groups is 3. The molecule has 2 atom stereocenters. The first-order valence-electron chi connectivity index (χ1n) is 11.2. The number of para-hydroxylation sites is 1. The first-order chi connectivity index (χ1) is 18.9. The van der Waals surface area contributed by atoms with Gasteiger partial charge in [-0.3, -0.25) is 9.78 Å². The number of urea groups is 1. The number of imide groups is 1. The number of carbonyl (C=O) groups excluding carboxylic acids is 2. The number of sulfone groups is 1. The number of hydrogen-bond acceptors (Lipinski definition) is 7. The first kappa shape index (κ1) is 31.3. The highest BCUT2D eigenvalue weighted by Gasteiger charge is 2.49. The number of carboxylic acid groups (broad SMARTS) is 1. The number of fused-ring (bicyclic) bond motifs is 1. The molecule has 0 bridgehead atoms. The second-order valence-electron chi connectivity index (χ2n) is 8.50. The van der Waals surface area contributed by atoms with Gasteiger partial charge in [-0.05, 0) is 48.9 Å². The number of pyridine rings is 1. The summed E-state index contributed by atoms with van der Waals surface area (Å²) in [6.07, 6.45) is -4.78. The van der Waals surface area contributed by atoms with Gasteiger partial charge >= 0.3 is 23.7 Å². The molecule has 10 nitrogen and oxygen atoms in total. The number of rotatable bonds is 5. The van der Waals surface area contributed by atoms with Crippen LogP contribution < -0.4 is 4.90 Å². The molecule has 220 valence electrons. The average molecular weight is 607 g/mol. The maximum Gasteiger partial charge on any atom is 0.501 e. The van der Waals surface area contributed by atoms with Crippen LogP contribution in [0.2, 0.25) is 0 Å². The molecule has 1 aromatic heterocycles. The van der Waals surface area contributed by atoms with Gasteiger partial charge in [0.25, 0.3) is 15.7 Å². The Kier molecular flexibility index (Phi) is 8.64. The van der Waals surface area contributed by atoms with Gasteiger partial charge in [-0.25, -0.2) is 22.9 Å². The van der Waals surface area contributed by atoms with Crippen molar-refractivity contribution < 1.29 is 59.4 Å². The molecule has 1 aliphatic rings. The molecule has 0 saturated carbocycles. The lowest BCUT2D eigenvalue weighted by molar-refractivity contribution is -0.192. The molecule has 3 aromatic rings. The number of aliphatic carboxylic acids is 1. The molecule has 4 rings (SSSR count). The zero-order valence-corrected chi connectivity index (χ0v) is 21.4. The number of aliphatic hydroxyl groups is 1. The Bertz CT molecular complexity index is 1570. The van der Waals surface area contributed by atoms with Crippen LogP contribution in [-0.4, -0.2) is 70.3 Å². The van der Waals surface area contributed by atoms with E-state index in [-0.39, 0.29) is 12.2 Å². The van der Waals surface area contributed by atoms with E-state index in [1.807, 2.05) is 0 Å². The molecule has 0 radical (unpaired) electrons. The van der Waals surface area contributed by atoms with E-state index >= 15 is 0 Å². The van der Waals surface area contributed by atoms with Gasteiger partial charge in [-0.2, -0.15) is 26.3 Å². The zero-order chi connectivity index (χ0) is 30.9. The number of nitrogens with zero attached hydrogens (tertiary/aromatic N) is 3. The Morgan fingerprint density at radius 2 is 1.56 bits per heavy atom. The van der Waals surface area contributed by atoms with E-state index in [1.165, 1.54) is 6.92 Å². The molecule has 41 heavy (non-hydrogen) atoms. The quantitative estimate of drug-likeness (QED) is 0.329. The minimum absolute atomic E-state index is 0.0415. The largest absolute Gasteiger partial charge is 0.501 e. The van der Waals surface area contributed by atoms with Crippen molar-refractivity contribution in [3.05, 3.63) is 66.4 Å². The number of aromatic nitrogens is 1. The van der Waals surface area contributed by atoms with E-state index in [9.17, 15) is 49.5 Å². The molecule has 1 saturated heterocycles. The lowest BCUT2D eigenvalue weighted by atomic mass is 10.1. The number of halogens is 6. The van der Waals surface area contributed by atoms with Gasteiger partial charge in [0.05, 0.1) is 22.2 Å². The normalized spacial score (nSPS) is 16.9. The van der Waals surface area contributed by atoms with Crippen molar-refractivity contribution in [1.29, 1.82) is 0 Å².